The summed E-state index contributed by atoms with van der Waals surface area (Å²) in [6.45, 7) is 4.90. The summed E-state index contributed by atoms with van der Waals surface area (Å²) in [6.07, 6.45) is 0.788. The van der Waals surface area contributed by atoms with E-state index in [1.807, 2.05) is 6.07 Å². The van der Waals surface area contributed by atoms with Crippen molar-refractivity contribution in [3.05, 3.63) is 41.7 Å². The first kappa shape index (κ1) is 8.45. The normalized spacial score (nSPS) is 16.5. The summed E-state index contributed by atoms with van der Waals surface area (Å²) >= 11 is 0. The largest absolute Gasteiger partial charge is 0.376 e. The molecule has 0 atom stereocenters. The van der Waals surface area contributed by atoms with Crippen LogP contribution in [0, 0.1) is 5.82 Å². The number of rotatable bonds is 0. The molecule has 1 nitrogen and oxygen atoms in total. The molecular formula is C11H11FO. The minimum Gasteiger partial charge on any atom is -0.376 e. The molecule has 0 N–H and O–H groups in total. The molecule has 1 aromatic rings. The maximum absolute atomic E-state index is 13.3. The van der Waals surface area contributed by atoms with E-state index >= 15 is 0 Å². The van der Waals surface area contributed by atoms with Crippen molar-refractivity contribution in [1.29, 1.82) is 0 Å². The van der Waals surface area contributed by atoms with Gasteiger partial charge in [0, 0.05) is 5.56 Å². The summed E-state index contributed by atoms with van der Waals surface area (Å²) in [5, 5.41) is 0. The second-order valence-corrected chi connectivity index (χ2v) is 3.17. The number of halogens is 1. The third-order valence-electron chi connectivity index (χ3n) is 2.29. The van der Waals surface area contributed by atoms with Crippen molar-refractivity contribution in [2.45, 2.75) is 13.0 Å². The summed E-state index contributed by atoms with van der Waals surface area (Å²) in [5.74, 6) is -0.194. The molecule has 0 amide bonds. The van der Waals surface area contributed by atoms with Gasteiger partial charge in [0.1, 0.15) is 5.82 Å². The van der Waals surface area contributed by atoms with Gasteiger partial charge in [-0.1, -0.05) is 18.7 Å². The molecule has 0 saturated carbocycles. The van der Waals surface area contributed by atoms with E-state index in [-0.39, 0.29) is 5.82 Å². The molecule has 68 valence electrons. The van der Waals surface area contributed by atoms with Gasteiger partial charge in [0.05, 0.1) is 13.2 Å². The van der Waals surface area contributed by atoms with Gasteiger partial charge in [0.15, 0.2) is 0 Å². The maximum Gasteiger partial charge on any atom is 0.129 e. The highest BCUT2D eigenvalue weighted by Gasteiger charge is 2.14. The SMILES string of the molecule is C=C1CCOCc2c(F)cccc21. The Kier molecular flexibility index (Phi) is 2.15. The van der Waals surface area contributed by atoms with Gasteiger partial charge >= 0.3 is 0 Å². The molecule has 2 rings (SSSR count). The van der Waals surface area contributed by atoms with E-state index in [1.54, 1.807) is 6.07 Å². The number of ether oxygens (including phenoxy) is 1. The summed E-state index contributed by atoms with van der Waals surface area (Å²) < 4.78 is 18.6. The van der Waals surface area contributed by atoms with Crippen LogP contribution in [-0.4, -0.2) is 6.61 Å². The fourth-order valence-corrected chi connectivity index (χ4v) is 1.54. The third-order valence-corrected chi connectivity index (χ3v) is 2.29. The molecule has 0 aromatic heterocycles. The zero-order valence-electron chi connectivity index (χ0n) is 7.35. The summed E-state index contributed by atoms with van der Waals surface area (Å²) in [5.41, 5.74) is 2.52. The van der Waals surface area contributed by atoms with Crippen molar-refractivity contribution in [1.82, 2.24) is 0 Å². The Labute approximate surface area is 76.8 Å². The van der Waals surface area contributed by atoms with E-state index in [9.17, 15) is 4.39 Å². The maximum atomic E-state index is 13.3. The molecule has 1 heterocycles. The summed E-state index contributed by atoms with van der Waals surface area (Å²) in [4.78, 5) is 0. The number of hydrogen-bond acceptors (Lipinski definition) is 1. The highest BCUT2D eigenvalue weighted by Crippen LogP contribution is 2.26. The quantitative estimate of drug-likeness (QED) is 0.593. The minimum atomic E-state index is -0.194. The Bertz CT molecular complexity index is 344. The van der Waals surface area contributed by atoms with Crippen LogP contribution in [0.5, 0.6) is 0 Å². The van der Waals surface area contributed by atoms with Crippen LogP contribution in [0.4, 0.5) is 4.39 Å². The zero-order valence-corrected chi connectivity index (χ0v) is 7.35. The topological polar surface area (TPSA) is 9.23 Å². The number of fused-ring (bicyclic) bond motifs is 1. The van der Waals surface area contributed by atoms with Crippen molar-refractivity contribution >= 4 is 5.57 Å². The Morgan fingerprint density at radius 3 is 3.08 bits per heavy atom. The van der Waals surface area contributed by atoms with Crippen LogP contribution in [0.25, 0.3) is 5.57 Å². The van der Waals surface area contributed by atoms with Crippen molar-refractivity contribution in [3.8, 4) is 0 Å². The Morgan fingerprint density at radius 1 is 1.38 bits per heavy atom. The second kappa shape index (κ2) is 3.30. The molecule has 1 aliphatic heterocycles. The summed E-state index contributed by atoms with van der Waals surface area (Å²) in [6, 6.07) is 5.07. The number of hydrogen-bond donors (Lipinski definition) is 0. The lowest BCUT2D eigenvalue weighted by Crippen LogP contribution is -1.95. The minimum absolute atomic E-state index is 0.194. The Hall–Kier alpha value is -1.15. The molecule has 0 radical (unpaired) electrons. The Balaban J connectivity index is 2.54. The van der Waals surface area contributed by atoms with Crippen LogP contribution in [-0.2, 0) is 11.3 Å². The molecule has 0 fully saturated rings. The van der Waals surface area contributed by atoms with E-state index in [2.05, 4.69) is 6.58 Å². The molecule has 0 unspecified atom stereocenters. The summed E-state index contributed by atoms with van der Waals surface area (Å²) in [7, 11) is 0. The van der Waals surface area contributed by atoms with Crippen LogP contribution >= 0.6 is 0 Å². The van der Waals surface area contributed by atoms with Crippen LogP contribution in [0.2, 0.25) is 0 Å². The van der Waals surface area contributed by atoms with Gasteiger partial charge in [-0.05, 0) is 23.6 Å². The van der Waals surface area contributed by atoms with Gasteiger partial charge in [-0.2, -0.15) is 0 Å². The predicted molar refractivity (Wildman–Crippen MR) is 49.7 cm³/mol. The second-order valence-electron chi connectivity index (χ2n) is 3.17. The van der Waals surface area contributed by atoms with Gasteiger partial charge in [0.2, 0.25) is 0 Å². The molecule has 0 saturated heterocycles. The van der Waals surface area contributed by atoms with E-state index in [0.717, 1.165) is 17.6 Å². The fraction of sp³-hybridized carbons (Fsp3) is 0.273. The first-order valence-electron chi connectivity index (χ1n) is 4.32. The van der Waals surface area contributed by atoms with Gasteiger partial charge in [-0.25, -0.2) is 4.39 Å². The smallest absolute Gasteiger partial charge is 0.129 e. The fourth-order valence-electron chi connectivity index (χ4n) is 1.54. The van der Waals surface area contributed by atoms with Gasteiger partial charge in [0.25, 0.3) is 0 Å². The van der Waals surface area contributed by atoms with E-state index in [4.69, 9.17) is 4.74 Å². The molecule has 0 spiro atoms. The molecule has 13 heavy (non-hydrogen) atoms. The predicted octanol–water partition coefficient (Wildman–Crippen LogP) is 2.76. The van der Waals surface area contributed by atoms with Crippen LogP contribution in [0.15, 0.2) is 24.8 Å². The molecule has 1 aromatic carbocycles. The third kappa shape index (κ3) is 1.49. The zero-order chi connectivity index (χ0) is 9.26. The highest BCUT2D eigenvalue weighted by atomic mass is 19.1. The van der Waals surface area contributed by atoms with Crippen molar-refractivity contribution in [2.24, 2.45) is 0 Å². The molecular weight excluding hydrogens is 167 g/mol. The van der Waals surface area contributed by atoms with Crippen molar-refractivity contribution in [3.63, 3.8) is 0 Å². The Morgan fingerprint density at radius 2 is 2.23 bits per heavy atom. The van der Waals surface area contributed by atoms with E-state index < -0.39 is 0 Å². The first-order chi connectivity index (χ1) is 6.29. The molecule has 0 aliphatic carbocycles. The van der Waals surface area contributed by atoms with Crippen molar-refractivity contribution < 1.29 is 9.13 Å². The van der Waals surface area contributed by atoms with Gasteiger partial charge in [-0.15, -0.1) is 0 Å². The molecule has 0 bridgehead atoms. The average Bonchev–Trinajstić information content (AvgIpc) is 2.30. The van der Waals surface area contributed by atoms with E-state index in [0.29, 0.717) is 18.8 Å². The monoisotopic (exact) mass is 178 g/mol. The highest BCUT2D eigenvalue weighted by molar-refractivity contribution is 5.66. The van der Waals surface area contributed by atoms with Gasteiger partial charge in [-0.3, -0.25) is 0 Å². The van der Waals surface area contributed by atoms with Gasteiger partial charge < -0.3 is 4.74 Å². The lowest BCUT2D eigenvalue weighted by atomic mass is 10.00. The first-order valence-corrected chi connectivity index (χ1v) is 4.32. The van der Waals surface area contributed by atoms with Crippen LogP contribution in [0.3, 0.4) is 0 Å². The standard InChI is InChI=1S/C11H11FO/c1-8-5-6-13-7-10-9(8)3-2-4-11(10)12/h2-4H,1,5-7H2. The lowest BCUT2D eigenvalue weighted by molar-refractivity contribution is 0.127. The lowest BCUT2D eigenvalue weighted by Gasteiger charge is -2.06. The van der Waals surface area contributed by atoms with Crippen LogP contribution in [0.1, 0.15) is 17.5 Å². The van der Waals surface area contributed by atoms with Crippen molar-refractivity contribution in [2.75, 3.05) is 6.61 Å². The number of benzene rings is 1. The molecule has 1 aliphatic rings. The van der Waals surface area contributed by atoms with E-state index in [1.165, 1.54) is 6.07 Å². The average molecular weight is 178 g/mol. The molecule has 2 heteroatoms. The van der Waals surface area contributed by atoms with Crippen LogP contribution < -0.4 is 0 Å².